The molecule has 33 heavy (non-hydrogen) atoms. The fraction of sp³-hybridized carbons (Fsp3) is 0.333. The van der Waals surface area contributed by atoms with E-state index in [1.54, 1.807) is 0 Å². The lowest BCUT2D eigenvalue weighted by Crippen LogP contribution is -2.66. The van der Waals surface area contributed by atoms with E-state index in [9.17, 15) is 10.2 Å². The first-order chi connectivity index (χ1) is 16.3. The molecule has 2 unspecified atom stereocenters. The lowest BCUT2D eigenvalue weighted by atomic mass is 9.79. The molecule has 3 aromatic carbocycles. The van der Waals surface area contributed by atoms with Crippen LogP contribution in [0.5, 0.6) is 0 Å². The largest absolute Gasteiger partial charge is 0.396 e. The van der Waals surface area contributed by atoms with Crippen LogP contribution in [0.25, 0.3) is 0 Å². The number of aliphatic hydroxyl groups is 2. The maximum Gasteiger partial charge on any atom is 0.172 e. The van der Waals surface area contributed by atoms with Gasteiger partial charge in [0.1, 0.15) is 0 Å². The molecular formula is C30H36O2Si. The molecule has 0 radical (unpaired) electrons. The predicted octanol–water partition coefficient (Wildman–Crippen LogP) is 4.19. The van der Waals surface area contributed by atoms with Crippen molar-refractivity contribution in [1.82, 2.24) is 0 Å². The van der Waals surface area contributed by atoms with Gasteiger partial charge in [-0.1, -0.05) is 122 Å². The van der Waals surface area contributed by atoms with Crippen LogP contribution in [0.1, 0.15) is 38.5 Å². The van der Waals surface area contributed by atoms with Gasteiger partial charge in [0.2, 0.25) is 0 Å². The summed E-state index contributed by atoms with van der Waals surface area (Å²) in [5.74, 6) is 0.294. The molecule has 0 bridgehead atoms. The van der Waals surface area contributed by atoms with E-state index in [4.69, 9.17) is 0 Å². The third kappa shape index (κ3) is 5.38. The lowest BCUT2D eigenvalue weighted by Gasteiger charge is -2.33. The quantitative estimate of drug-likeness (QED) is 0.374. The van der Waals surface area contributed by atoms with Gasteiger partial charge in [-0.25, -0.2) is 0 Å². The Labute approximate surface area is 199 Å². The van der Waals surface area contributed by atoms with Gasteiger partial charge in [0, 0.05) is 12.5 Å². The van der Waals surface area contributed by atoms with Gasteiger partial charge in [0.25, 0.3) is 0 Å². The Kier molecular flexibility index (Phi) is 8.33. The number of benzene rings is 3. The van der Waals surface area contributed by atoms with Crippen LogP contribution in [0.2, 0.25) is 0 Å². The summed E-state index contributed by atoms with van der Waals surface area (Å²) in [7, 11) is -2.48. The smallest absolute Gasteiger partial charge is 0.172 e. The minimum absolute atomic E-state index is 0.0406. The SMILES string of the molecule is OCCC(/C=C/[Si](c1ccccc1)(c1ccccc1)c1ccccc1)C(O)C1CCCCC1. The number of aliphatic hydroxyl groups excluding tert-OH is 2. The number of hydrogen-bond donors (Lipinski definition) is 2. The Morgan fingerprint density at radius 2 is 1.18 bits per heavy atom. The molecule has 1 aliphatic rings. The Bertz CT molecular complexity index is 885. The van der Waals surface area contributed by atoms with Crippen molar-refractivity contribution in [3.05, 3.63) is 103 Å². The van der Waals surface area contributed by atoms with Crippen molar-refractivity contribution in [2.24, 2.45) is 11.8 Å². The van der Waals surface area contributed by atoms with Crippen LogP contribution in [-0.4, -0.2) is 31.0 Å². The lowest BCUT2D eigenvalue weighted by molar-refractivity contribution is 0.0409. The molecule has 0 heterocycles. The van der Waals surface area contributed by atoms with E-state index in [1.807, 2.05) is 0 Å². The van der Waals surface area contributed by atoms with Crippen LogP contribution in [0, 0.1) is 11.8 Å². The maximum absolute atomic E-state index is 11.3. The molecule has 3 heteroatoms. The van der Waals surface area contributed by atoms with Crippen molar-refractivity contribution < 1.29 is 10.2 Å². The minimum Gasteiger partial charge on any atom is -0.396 e. The molecule has 4 rings (SSSR count). The van der Waals surface area contributed by atoms with Crippen LogP contribution in [0.15, 0.2) is 103 Å². The first-order valence-electron chi connectivity index (χ1n) is 12.4. The van der Waals surface area contributed by atoms with Crippen molar-refractivity contribution >= 4 is 23.6 Å². The molecule has 2 nitrogen and oxygen atoms in total. The molecule has 0 aromatic heterocycles. The topological polar surface area (TPSA) is 40.5 Å². The zero-order valence-electron chi connectivity index (χ0n) is 19.4. The zero-order valence-corrected chi connectivity index (χ0v) is 20.4. The summed E-state index contributed by atoms with van der Waals surface area (Å²) in [5.41, 5.74) is 2.42. The molecule has 1 saturated carbocycles. The van der Waals surface area contributed by atoms with E-state index in [2.05, 4.69) is 103 Å². The van der Waals surface area contributed by atoms with Gasteiger partial charge in [-0.05, 0) is 40.7 Å². The summed E-state index contributed by atoms with van der Waals surface area (Å²) in [6.07, 6.45) is 8.30. The van der Waals surface area contributed by atoms with Crippen molar-refractivity contribution in [3.63, 3.8) is 0 Å². The van der Waals surface area contributed by atoms with E-state index in [0.717, 1.165) is 12.8 Å². The summed E-state index contributed by atoms with van der Waals surface area (Å²) in [6, 6.07) is 32.4. The highest BCUT2D eigenvalue weighted by Crippen LogP contribution is 2.31. The normalized spacial score (nSPS) is 17.2. The molecule has 1 aliphatic carbocycles. The van der Waals surface area contributed by atoms with Gasteiger partial charge >= 0.3 is 0 Å². The second-order valence-corrected chi connectivity index (χ2v) is 13.0. The first-order valence-corrected chi connectivity index (χ1v) is 14.5. The Morgan fingerprint density at radius 1 is 0.727 bits per heavy atom. The summed E-state index contributed by atoms with van der Waals surface area (Å²) >= 11 is 0. The van der Waals surface area contributed by atoms with Gasteiger partial charge in [-0.3, -0.25) is 0 Å². The van der Waals surface area contributed by atoms with Gasteiger partial charge in [-0.2, -0.15) is 0 Å². The van der Waals surface area contributed by atoms with Crippen LogP contribution in [0.4, 0.5) is 0 Å². The van der Waals surface area contributed by atoms with E-state index in [-0.39, 0.29) is 12.5 Å². The number of rotatable bonds is 9. The highest BCUT2D eigenvalue weighted by Gasteiger charge is 2.37. The molecule has 0 saturated heterocycles. The Balaban J connectivity index is 1.82. The van der Waals surface area contributed by atoms with Gasteiger partial charge in [0.15, 0.2) is 8.07 Å². The summed E-state index contributed by atoms with van der Waals surface area (Å²) < 4.78 is 0. The minimum atomic E-state index is -2.48. The molecule has 3 aromatic rings. The van der Waals surface area contributed by atoms with Crippen LogP contribution < -0.4 is 15.6 Å². The summed E-state index contributed by atoms with van der Waals surface area (Å²) in [6.45, 7) is 0.0926. The molecule has 0 spiro atoms. The molecule has 0 amide bonds. The second kappa shape index (κ2) is 11.6. The predicted molar refractivity (Wildman–Crippen MR) is 141 cm³/mol. The van der Waals surface area contributed by atoms with Gasteiger partial charge in [0.05, 0.1) is 6.10 Å². The second-order valence-electron chi connectivity index (χ2n) is 9.33. The van der Waals surface area contributed by atoms with E-state index in [1.165, 1.54) is 34.8 Å². The fourth-order valence-electron chi connectivity index (χ4n) is 5.51. The molecule has 0 aliphatic heterocycles. The zero-order chi connectivity index (χ0) is 22.9. The first kappa shape index (κ1) is 23.7. The van der Waals surface area contributed by atoms with Gasteiger partial charge < -0.3 is 10.2 Å². The van der Waals surface area contributed by atoms with Crippen LogP contribution in [0.3, 0.4) is 0 Å². The van der Waals surface area contributed by atoms with E-state index >= 15 is 0 Å². The molecule has 2 atom stereocenters. The number of hydrogen-bond acceptors (Lipinski definition) is 2. The summed E-state index contributed by atoms with van der Waals surface area (Å²) in [5, 5.41) is 25.1. The average molecular weight is 457 g/mol. The van der Waals surface area contributed by atoms with Crippen LogP contribution >= 0.6 is 0 Å². The molecule has 2 N–H and O–H groups in total. The molecular weight excluding hydrogens is 420 g/mol. The highest BCUT2D eigenvalue weighted by molar-refractivity contribution is 7.14. The average Bonchev–Trinajstić information content (AvgIpc) is 2.90. The fourth-order valence-corrected chi connectivity index (χ4v) is 9.78. The van der Waals surface area contributed by atoms with Crippen molar-refractivity contribution in [1.29, 1.82) is 0 Å². The third-order valence-electron chi connectivity index (χ3n) is 7.31. The van der Waals surface area contributed by atoms with Crippen molar-refractivity contribution in [2.45, 2.75) is 44.6 Å². The van der Waals surface area contributed by atoms with Crippen molar-refractivity contribution in [3.8, 4) is 0 Å². The van der Waals surface area contributed by atoms with Gasteiger partial charge in [-0.15, -0.1) is 0 Å². The van der Waals surface area contributed by atoms with E-state index in [0.29, 0.717) is 12.3 Å². The maximum atomic E-state index is 11.3. The highest BCUT2D eigenvalue weighted by atomic mass is 28.3. The summed E-state index contributed by atoms with van der Waals surface area (Å²) in [4.78, 5) is 0. The third-order valence-corrected chi connectivity index (χ3v) is 11.7. The monoisotopic (exact) mass is 456 g/mol. The van der Waals surface area contributed by atoms with Crippen LogP contribution in [-0.2, 0) is 0 Å². The molecule has 1 fully saturated rings. The standard InChI is InChI=1S/C30H36O2Si/c31-23-21-26(30(32)25-13-5-1-6-14-25)22-24-33(27-15-7-2-8-16-27,28-17-9-3-10-18-28)29-19-11-4-12-20-29/h2-4,7-12,15-20,22,24-26,30-32H,1,5-6,13-14,21,23H2/b24-22+. The Morgan fingerprint density at radius 3 is 1.61 bits per heavy atom. The van der Waals surface area contributed by atoms with Crippen molar-refractivity contribution in [2.75, 3.05) is 6.61 Å². The van der Waals surface area contributed by atoms with E-state index < -0.39 is 14.2 Å². The Hall–Kier alpha value is -2.46. The molecule has 172 valence electrons.